The van der Waals surface area contributed by atoms with E-state index < -0.39 is 0 Å². The molecule has 55 valence electrons. The minimum absolute atomic E-state index is 0.487. The molecule has 0 aliphatic heterocycles. The van der Waals surface area contributed by atoms with E-state index in [2.05, 4.69) is 18.0 Å². The van der Waals surface area contributed by atoms with Crippen LogP contribution in [0.3, 0.4) is 0 Å². The molecule has 0 amide bonds. The van der Waals surface area contributed by atoms with Crippen molar-refractivity contribution in [3.63, 3.8) is 0 Å². The highest BCUT2D eigenvalue weighted by Gasteiger charge is 1.98. The second kappa shape index (κ2) is 6.04. The monoisotopic (exact) mass is 140 g/mol. The maximum Gasteiger partial charge on any atom is 0.438 e. The molecule has 0 aliphatic carbocycles. The Labute approximate surface area is 60.5 Å². The van der Waals surface area contributed by atoms with Crippen LogP contribution in [0.1, 0.15) is 0 Å². The van der Waals surface area contributed by atoms with Crippen LogP contribution in [-0.2, 0) is 9.63 Å². The normalized spacial score (nSPS) is 8.90. The first-order chi connectivity index (χ1) is 4.85. The SMILES string of the molecule is C=CCN(CC=C)O[C]=O. The lowest BCUT2D eigenvalue weighted by atomic mass is 10.5. The minimum atomic E-state index is 0.487. The fourth-order valence-electron chi connectivity index (χ4n) is 0.490. The molecule has 0 spiro atoms. The summed E-state index contributed by atoms with van der Waals surface area (Å²) in [4.78, 5) is 14.1. The summed E-state index contributed by atoms with van der Waals surface area (Å²) in [5.74, 6) is 0. The van der Waals surface area contributed by atoms with Crippen molar-refractivity contribution in [3.8, 4) is 0 Å². The second-order valence-electron chi connectivity index (χ2n) is 1.60. The molecule has 0 aromatic heterocycles. The van der Waals surface area contributed by atoms with E-state index >= 15 is 0 Å². The van der Waals surface area contributed by atoms with E-state index in [9.17, 15) is 4.79 Å². The molecule has 0 saturated heterocycles. The average molecular weight is 140 g/mol. The molecule has 0 fully saturated rings. The summed E-state index contributed by atoms with van der Waals surface area (Å²) in [6.45, 7) is 9.25. The average Bonchev–Trinajstić information content (AvgIpc) is 1.90. The number of carbonyl (C=O) groups excluding carboxylic acids is 1. The molecular weight excluding hydrogens is 130 g/mol. The maximum absolute atomic E-state index is 9.71. The van der Waals surface area contributed by atoms with Crippen LogP contribution in [0.15, 0.2) is 25.3 Å². The first-order valence-electron chi connectivity index (χ1n) is 2.86. The van der Waals surface area contributed by atoms with Crippen LogP contribution in [0.2, 0.25) is 0 Å². The van der Waals surface area contributed by atoms with Crippen molar-refractivity contribution < 1.29 is 9.63 Å². The molecule has 0 atom stereocenters. The molecule has 0 bridgehead atoms. The Hall–Kier alpha value is -1.09. The predicted octanol–water partition coefficient (Wildman–Crippen LogP) is 0.659. The Kier molecular flexibility index (Phi) is 5.38. The summed E-state index contributed by atoms with van der Waals surface area (Å²) >= 11 is 0. The van der Waals surface area contributed by atoms with Crippen molar-refractivity contribution in [1.82, 2.24) is 5.06 Å². The molecule has 3 heteroatoms. The van der Waals surface area contributed by atoms with E-state index in [0.717, 1.165) is 0 Å². The van der Waals surface area contributed by atoms with Gasteiger partial charge in [0, 0.05) is 0 Å². The van der Waals surface area contributed by atoms with Crippen LogP contribution in [0, 0.1) is 0 Å². The molecule has 10 heavy (non-hydrogen) atoms. The molecule has 0 N–H and O–H groups in total. The molecule has 0 heterocycles. The van der Waals surface area contributed by atoms with Crippen molar-refractivity contribution in [2.24, 2.45) is 0 Å². The van der Waals surface area contributed by atoms with Crippen LogP contribution in [0.5, 0.6) is 0 Å². The Morgan fingerprint density at radius 3 is 2.20 bits per heavy atom. The smallest absolute Gasteiger partial charge is 0.358 e. The fourth-order valence-corrected chi connectivity index (χ4v) is 0.490. The lowest BCUT2D eigenvalue weighted by Crippen LogP contribution is -2.23. The third-order valence-electron chi connectivity index (χ3n) is 0.832. The highest BCUT2D eigenvalue weighted by Crippen LogP contribution is 1.87. The van der Waals surface area contributed by atoms with Crippen molar-refractivity contribution in [1.29, 1.82) is 0 Å². The maximum atomic E-state index is 9.71. The lowest BCUT2D eigenvalue weighted by Gasteiger charge is -2.12. The Balaban J connectivity index is 3.58. The van der Waals surface area contributed by atoms with Gasteiger partial charge >= 0.3 is 6.47 Å². The summed E-state index contributed by atoms with van der Waals surface area (Å²) in [6, 6.07) is 0. The number of hydrogen-bond donors (Lipinski definition) is 0. The molecule has 0 rings (SSSR count). The van der Waals surface area contributed by atoms with E-state index in [1.54, 1.807) is 12.2 Å². The highest BCUT2D eigenvalue weighted by molar-refractivity contribution is 5.37. The van der Waals surface area contributed by atoms with E-state index in [0.29, 0.717) is 13.1 Å². The zero-order chi connectivity index (χ0) is 7.82. The van der Waals surface area contributed by atoms with Crippen LogP contribution >= 0.6 is 0 Å². The number of nitrogens with zero attached hydrogens (tertiary/aromatic N) is 1. The minimum Gasteiger partial charge on any atom is -0.358 e. The molecule has 3 nitrogen and oxygen atoms in total. The van der Waals surface area contributed by atoms with E-state index in [1.807, 2.05) is 0 Å². The number of rotatable bonds is 6. The van der Waals surface area contributed by atoms with E-state index in [1.165, 1.54) is 11.5 Å². The molecule has 0 unspecified atom stereocenters. The van der Waals surface area contributed by atoms with Crippen molar-refractivity contribution >= 4 is 6.47 Å². The Morgan fingerprint density at radius 1 is 1.40 bits per heavy atom. The van der Waals surface area contributed by atoms with Gasteiger partial charge in [0.1, 0.15) is 0 Å². The highest BCUT2D eigenvalue weighted by atomic mass is 16.7. The van der Waals surface area contributed by atoms with Gasteiger partial charge in [0.05, 0.1) is 13.1 Å². The predicted molar refractivity (Wildman–Crippen MR) is 38.7 cm³/mol. The molecule has 0 saturated carbocycles. The van der Waals surface area contributed by atoms with Crippen LogP contribution in [0.25, 0.3) is 0 Å². The number of hydrogen-bond acceptors (Lipinski definition) is 3. The van der Waals surface area contributed by atoms with Gasteiger partial charge in [-0.05, 0) is 0 Å². The quantitative estimate of drug-likeness (QED) is 0.401. The zero-order valence-corrected chi connectivity index (χ0v) is 5.75. The molecule has 0 aromatic rings. The molecule has 0 aromatic carbocycles. The van der Waals surface area contributed by atoms with E-state index in [4.69, 9.17) is 0 Å². The fraction of sp³-hybridized carbons (Fsp3) is 0.286. The van der Waals surface area contributed by atoms with Gasteiger partial charge in [-0.3, -0.25) is 0 Å². The summed E-state index contributed by atoms with van der Waals surface area (Å²) in [7, 11) is 0. The van der Waals surface area contributed by atoms with Gasteiger partial charge in [-0.2, -0.15) is 0 Å². The summed E-state index contributed by atoms with van der Waals surface area (Å²) < 4.78 is 0. The second-order valence-corrected chi connectivity index (χ2v) is 1.60. The lowest BCUT2D eigenvalue weighted by molar-refractivity contribution is -0.0530. The summed E-state index contributed by atoms with van der Waals surface area (Å²) in [5, 5.41) is 1.38. The number of hydroxylamine groups is 2. The molecular formula is C7H10NO2. The third kappa shape index (κ3) is 3.86. The largest absolute Gasteiger partial charge is 0.438 e. The van der Waals surface area contributed by atoms with Gasteiger partial charge in [-0.15, -0.1) is 18.2 Å². The van der Waals surface area contributed by atoms with Crippen LogP contribution in [0.4, 0.5) is 0 Å². The summed E-state index contributed by atoms with van der Waals surface area (Å²) in [5.41, 5.74) is 0. The topological polar surface area (TPSA) is 29.5 Å². The van der Waals surface area contributed by atoms with Gasteiger partial charge < -0.3 is 4.84 Å². The van der Waals surface area contributed by atoms with Crippen molar-refractivity contribution in [2.75, 3.05) is 13.1 Å². The van der Waals surface area contributed by atoms with E-state index in [-0.39, 0.29) is 0 Å². The van der Waals surface area contributed by atoms with Crippen molar-refractivity contribution in [3.05, 3.63) is 25.3 Å². The third-order valence-corrected chi connectivity index (χ3v) is 0.832. The summed E-state index contributed by atoms with van der Waals surface area (Å²) in [6.07, 6.45) is 3.25. The van der Waals surface area contributed by atoms with Gasteiger partial charge in [0.25, 0.3) is 0 Å². The first kappa shape index (κ1) is 8.91. The standard InChI is InChI=1S/C7H10NO2/c1-3-5-8(6-4-2)10-7-9/h3-4H,1-2,5-6H2. The van der Waals surface area contributed by atoms with Gasteiger partial charge in [-0.1, -0.05) is 12.2 Å². The first-order valence-corrected chi connectivity index (χ1v) is 2.86. The molecule has 1 radical (unpaired) electrons. The van der Waals surface area contributed by atoms with Crippen LogP contribution in [-0.4, -0.2) is 24.6 Å². The zero-order valence-electron chi connectivity index (χ0n) is 5.75. The van der Waals surface area contributed by atoms with Crippen molar-refractivity contribution in [2.45, 2.75) is 0 Å². The van der Waals surface area contributed by atoms with Gasteiger partial charge in [0.2, 0.25) is 0 Å². The van der Waals surface area contributed by atoms with Gasteiger partial charge in [0.15, 0.2) is 0 Å². The van der Waals surface area contributed by atoms with Crippen LogP contribution < -0.4 is 0 Å². The Morgan fingerprint density at radius 2 is 1.90 bits per heavy atom. The Bertz CT molecular complexity index is 99.0. The molecule has 0 aliphatic rings. The van der Waals surface area contributed by atoms with Gasteiger partial charge in [-0.25, -0.2) is 4.79 Å².